The topological polar surface area (TPSA) is 84.9 Å². The number of anilines is 1. The molecular formula is C15H19NO5. The molecule has 6 heteroatoms. The van der Waals surface area contributed by atoms with E-state index in [1.165, 1.54) is 0 Å². The van der Waals surface area contributed by atoms with Gasteiger partial charge in [0.25, 0.3) is 0 Å². The molecule has 2 N–H and O–H groups in total. The quantitative estimate of drug-likeness (QED) is 0.838. The van der Waals surface area contributed by atoms with Crippen molar-refractivity contribution in [3.8, 4) is 5.75 Å². The highest BCUT2D eigenvalue weighted by molar-refractivity contribution is 5.92. The Hall–Kier alpha value is -2.08. The molecule has 1 amide bonds. The van der Waals surface area contributed by atoms with Crippen LogP contribution in [0.15, 0.2) is 24.3 Å². The maximum absolute atomic E-state index is 12.0. The van der Waals surface area contributed by atoms with E-state index in [1.54, 1.807) is 24.3 Å². The molecule has 21 heavy (non-hydrogen) atoms. The Kier molecular flexibility index (Phi) is 5.57. The van der Waals surface area contributed by atoms with Crippen molar-refractivity contribution in [3.63, 3.8) is 0 Å². The fourth-order valence-electron chi connectivity index (χ4n) is 2.21. The molecule has 1 aromatic carbocycles. The third-order valence-electron chi connectivity index (χ3n) is 3.20. The summed E-state index contributed by atoms with van der Waals surface area (Å²) < 4.78 is 10.7. The Labute approximate surface area is 123 Å². The van der Waals surface area contributed by atoms with Crippen LogP contribution in [-0.4, -0.2) is 36.3 Å². The van der Waals surface area contributed by atoms with E-state index in [9.17, 15) is 9.59 Å². The minimum Gasteiger partial charge on any atom is -0.480 e. The van der Waals surface area contributed by atoms with Gasteiger partial charge in [-0.15, -0.1) is 0 Å². The van der Waals surface area contributed by atoms with Crippen LogP contribution in [0.1, 0.15) is 25.7 Å². The molecule has 1 atom stereocenters. The largest absolute Gasteiger partial charge is 0.480 e. The van der Waals surface area contributed by atoms with Gasteiger partial charge < -0.3 is 19.9 Å². The normalized spacial score (nSPS) is 18.0. The minimum atomic E-state index is -1.06. The van der Waals surface area contributed by atoms with Gasteiger partial charge in [0.15, 0.2) is 6.61 Å². The van der Waals surface area contributed by atoms with Gasteiger partial charge in [-0.25, -0.2) is 4.79 Å². The van der Waals surface area contributed by atoms with Gasteiger partial charge in [-0.05, 0) is 31.4 Å². The lowest BCUT2D eigenvalue weighted by Gasteiger charge is -2.22. The molecule has 1 aliphatic rings. The van der Waals surface area contributed by atoms with Crippen LogP contribution in [0.5, 0.6) is 5.75 Å². The minimum absolute atomic E-state index is 0.0362. The molecule has 2 rings (SSSR count). The highest BCUT2D eigenvalue weighted by Crippen LogP contribution is 2.24. The van der Waals surface area contributed by atoms with Crippen molar-refractivity contribution in [3.05, 3.63) is 24.3 Å². The van der Waals surface area contributed by atoms with Crippen LogP contribution < -0.4 is 10.1 Å². The van der Waals surface area contributed by atoms with E-state index in [2.05, 4.69) is 5.32 Å². The molecule has 6 nitrogen and oxygen atoms in total. The predicted octanol–water partition coefficient (Wildman–Crippen LogP) is 2.05. The third-order valence-corrected chi connectivity index (χ3v) is 3.20. The summed E-state index contributed by atoms with van der Waals surface area (Å²) in [6, 6.07) is 6.77. The number of carbonyl (C=O) groups is 2. The molecule has 1 aromatic rings. The van der Waals surface area contributed by atoms with Crippen molar-refractivity contribution < 1.29 is 24.2 Å². The van der Waals surface area contributed by atoms with Crippen LogP contribution in [-0.2, 0) is 14.3 Å². The maximum Gasteiger partial charge on any atom is 0.341 e. The standard InChI is InChI=1S/C15H19NO5/c17-14(9-11-5-3-4-8-20-11)16-12-6-1-2-7-13(12)21-10-15(18)19/h1-2,6-7,11H,3-5,8-10H2,(H,16,17)(H,18,19). The molecule has 0 saturated carbocycles. The zero-order valence-corrected chi connectivity index (χ0v) is 11.7. The molecule has 1 unspecified atom stereocenters. The summed E-state index contributed by atoms with van der Waals surface area (Å²) in [4.78, 5) is 22.5. The Morgan fingerprint density at radius 2 is 2.14 bits per heavy atom. The van der Waals surface area contributed by atoms with E-state index >= 15 is 0 Å². The zero-order chi connectivity index (χ0) is 15.1. The first-order chi connectivity index (χ1) is 10.1. The van der Waals surface area contributed by atoms with E-state index in [0.29, 0.717) is 24.5 Å². The molecule has 0 radical (unpaired) electrons. The van der Waals surface area contributed by atoms with Gasteiger partial charge >= 0.3 is 5.97 Å². The number of rotatable bonds is 6. The maximum atomic E-state index is 12.0. The number of aliphatic carboxylic acids is 1. The first-order valence-electron chi connectivity index (χ1n) is 7.00. The average molecular weight is 293 g/mol. The molecule has 1 aliphatic heterocycles. The number of carboxylic acid groups (broad SMARTS) is 1. The summed E-state index contributed by atoms with van der Waals surface area (Å²) in [6.45, 7) is 0.259. The van der Waals surface area contributed by atoms with Crippen molar-refractivity contribution >= 4 is 17.6 Å². The van der Waals surface area contributed by atoms with Crippen LogP contribution in [0.2, 0.25) is 0 Å². The second kappa shape index (κ2) is 7.64. The van der Waals surface area contributed by atoms with E-state index in [4.69, 9.17) is 14.6 Å². The molecule has 114 valence electrons. The van der Waals surface area contributed by atoms with Crippen LogP contribution in [0, 0.1) is 0 Å². The molecule has 1 saturated heterocycles. The number of ether oxygens (including phenoxy) is 2. The monoisotopic (exact) mass is 293 g/mol. The van der Waals surface area contributed by atoms with Gasteiger partial charge in [-0.3, -0.25) is 4.79 Å². The Morgan fingerprint density at radius 3 is 2.86 bits per heavy atom. The second-order valence-electron chi connectivity index (χ2n) is 4.92. The Bertz CT molecular complexity index is 497. The van der Waals surface area contributed by atoms with Gasteiger partial charge in [0.1, 0.15) is 5.75 Å². The fraction of sp³-hybridized carbons (Fsp3) is 0.467. The average Bonchev–Trinajstić information content (AvgIpc) is 2.47. The second-order valence-corrected chi connectivity index (χ2v) is 4.92. The van der Waals surface area contributed by atoms with E-state index in [0.717, 1.165) is 19.3 Å². The molecule has 0 spiro atoms. The lowest BCUT2D eigenvalue weighted by atomic mass is 10.1. The predicted molar refractivity (Wildman–Crippen MR) is 76.4 cm³/mol. The van der Waals surface area contributed by atoms with Gasteiger partial charge in [0.2, 0.25) is 5.91 Å². The van der Waals surface area contributed by atoms with Crippen molar-refractivity contribution in [2.75, 3.05) is 18.5 Å². The van der Waals surface area contributed by atoms with E-state index < -0.39 is 12.6 Å². The summed E-state index contributed by atoms with van der Waals surface area (Å²) in [7, 11) is 0. The zero-order valence-electron chi connectivity index (χ0n) is 11.7. The van der Waals surface area contributed by atoms with Crippen LogP contribution in [0.25, 0.3) is 0 Å². The first kappa shape index (κ1) is 15.3. The molecule has 0 aromatic heterocycles. The SMILES string of the molecule is O=C(O)COc1ccccc1NC(=O)CC1CCCCO1. The smallest absolute Gasteiger partial charge is 0.341 e. The molecule has 0 aliphatic carbocycles. The Balaban J connectivity index is 1.91. The van der Waals surface area contributed by atoms with Gasteiger partial charge in [-0.1, -0.05) is 12.1 Å². The summed E-state index contributed by atoms with van der Waals surface area (Å²) in [5.41, 5.74) is 0.472. The first-order valence-corrected chi connectivity index (χ1v) is 7.00. The number of hydrogen-bond donors (Lipinski definition) is 2. The summed E-state index contributed by atoms with van der Waals surface area (Å²) in [5, 5.41) is 11.4. The molecule has 0 bridgehead atoms. The van der Waals surface area contributed by atoms with Gasteiger partial charge in [-0.2, -0.15) is 0 Å². The van der Waals surface area contributed by atoms with Crippen LogP contribution in [0.4, 0.5) is 5.69 Å². The number of amides is 1. The van der Waals surface area contributed by atoms with Crippen molar-refractivity contribution in [2.24, 2.45) is 0 Å². The third kappa shape index (κ3) is 5.07. The van der Waals surface area contributed by atoms with Crippen LogP contribution in [0.3, 0.4) is 0 Å². The van der Waals surface area contributed by atoms with Gasteiger partial charge in [0, 0.05) is 6.61 Å². The summed E-state index contributed by atoms with van der Waals surface area (Å²) in [5.74, 6) is -0.877. The van der Waals surface area contributed by atoms with Crippen molar-refractivity contribution in [1.82, 2.24) is 0 Å². The summed E-state index contributed by atoms with van der Waals surface area (Å²) in [6.07, 6.45) is 3.28. The van der Waals surface area contributed by atoms with Crippen molar-refractivity contribution in [2.45, 2.75) is 31.8 Å². The summed E-state index contributed by atoms with van der Waals surface area (Å²) >= 11 is 0. The highest BCUT2D eigenvalue weighted by atomic mass is 16.5. The fourth-order valence-corrected chi connectivity index (χ4v) is 2.21. The lowest BCUT2D eigenvalue weighted by Crippen LogP contribution is -2.25. The number of para-hydroxylation sites is 2. The Morgan fingerprint density at radius 1 is 1.33 bits per heavy atom. The number of benzene rings is 1. The molecule has 1 heterocycles. The van der Waals surface area contributed by atoms with Crippen LogP contribution >= 0.6 is 0 Å². The lowest BCUT2D eigenvalue weighted by molar-refractivity contribution is -0.139. The number of carboxylic acids is 1. The van der Waals surface area contributed by atoms with E-state index in [-0.39, 0.29) is 12.0 Å². The molecular weight excluding hydrogens is 274 g/mol. The molecule has 1 fully saturated rings. The number of carbonyl (C=O) groups excluding carboxylic acids is 1. The number of hydrogen-bond acceptors (Lipinski definition) is 4. The highest BCUT2D eigenvalue weighted by Gasteiger charge is 2.18. The number of nitrogens with one attached hydrogen (secondary N) is 1. The van der Waals surface area contributed by atoms with Gasteiger partial charge in [0.05, 0.1) is 18.2 Å². The van der Waals surface area contributed by atoms with E-state index in [1.807, 2.05) is 0 Å². The van der Waals surface area contributed by atoms with Crippen molar-refractivity contribution in [1.29, 1.82) is 0 Å².